The van der Waals surface area contributed by atoms with Crippen molar-refractivity contribution in [2.45, 2.75) is 19.0 Å². The molecule has 0 atom stereocenters. The summed E-state index contributed by atoms with van der Waals surface area (Å²) in [6.45, 7) is 0. The molecule has 0 saturated heterocycles. The Morgan fingerprint density at radius 1 is 1.04 bits per heavy atom. The highest BCUT2D eigenvalue weighted by molar-refractivity contribution is 6.44. The van der Waals surface area contributed by atoms with Gasteiger partial charge in [0.1, 0.15) is 17.2 Å². The average molecular weight is 362 g/mol. The summed E-state index contributed by atoms with van der Waals surface area (Å²) in [7, 11) is 0. The fourth-order valence-corrected chi connectivity index (χ4v) is 2.34. The van der Waals surface area contributed by atoms with Crippen LogP contribution in [-0.4, -0.2) is 22.5 Å². The molecule has 134 valence electrons. The van der Waals surface area contributed by atoms with Gasteiger partial charge in [0.05, 0.1) is 5.69 Å². The number of aromatic nitrogens is 1. The van der Waals surface area contributed by atoms with Gasteiger partial charge in [-0.3, -0.25) is 9.59 Å². The Hall–Kier alpha value is -3.23. The van der Waals surface area contributed by atoms with E-state index in [2.05, 4.69) is 15.4 Å². The van der Waals surface area contributed by atoms with Crippen molar-refractivity contribution in [3.05, 3.63) is 54.2 Å². The summed E-state index contributed by atoms with van der Waals surface area (Å²) < 4.78 is 38.1. The molecule has 0 spiro atoms. The van der Waals surface area contributed by atoms with E-state index in [1.807, 2.05) is 0 Å². The van der Waals surface area contributed by atoms with E-state index in [-0.39, 0.29) is 30.3 Å². The van der Waals surface area contributed by atoms with Gasteiger partial charge in [-0.25, -0.2) is 9.99 Å². The van der Waals surface area contributed by atoms with E-state index in [4.69, 9.17) is 0 Å². The minimum absolute atomic E-state index is 0.0349. The zero-order chi connectivity index (χ0) is 18.7. The molecule has 1 aliphatic heterocycles. The van der Waals surface area contributed by atoms with Gasteiger partial charge in [0.15, 0.2) is 0 Å². The monoisotopic (exact) mass is 362 g/mol. The van der Waals surface area contributed by atoms with Gasteiger partial charge in [-0.15, -0.1) is 0 Å². The van der Waals surface area contributed by atoms with E-state index in [1.165, 1.54) is 6.07 Å². The third-order valence-corrected chi connectivity index (χ3v) is 3.58. The first kappa shape index (κ1) is 17.6. The molecular formula is C17H13F3N4O2. The molecule has 0 aliphatic carbocycles. The van der Waals surface area contributed by atoms with Crippen LogP contribution >= 0.6 is 0 Å². The Balaban J connectivity index is 1.80. The Morgan fingerprint density at radius 2 is 1.77 bits per heavy atom. The first-order chi connectivity index (χ1) is 12.3. The van der Waals surface area contributed by atoms with Crippen molar-refractivity contribution in [1.82, 2.24) is 4.98 Å². The zero-order valence-corrected chi connectivity index (χ0v) is 13.3. The molecule has 0 unspecified atom stereocenters. The van der Waals surface area contributed by atoms with Gasteiger partial charge < -0.3 is 5.32 Å². The molecule has 6 nitrogen and oxygen atoms in total. The highest BCUT2D eigenvalue weighted by atomic mass is 19.4. The van der Waals surface area contributed by atoms with Gasteiger partial charge in [0.25, 0.3) is 5.91 Å². The predicted octanol–water partition coefficient (Wildman–Crippen LogP) is 3.22. The number of para-hydroxylation sites is 1. The summed E-state index contributed by atoms with van der Waals surface area (Å²) >= 11 is 0. The molecule has 0 saturated carbocycles. The van der Waals surface area contributed by atoms with Crippen LogP contribution in [-0.2, 0) is 15.8 Å². The Labute approximate surface area is 146 Å². The highest BCUT2D eigenvalue weighted by Crippen LogP contribution is 2.28. The van der Waals surface area contributed by atoms with Gasteiger partial charge in [0, 0.05) is 12.8 Å². The third-order valence-electron chi connectivity index (χ3n) is 3.58. The van der Waals surface area contributed by atoms with Gasteiger partial charge in [-0.1, -0.05) is 24.3 Å². The number of halogens is 3. The quantitative estimate of drug-likeness (QED) is 0.911. The second-order valence-electron chi connectivity index (χ2n) is 5.45. The molecule has 1 aliphatic rings. The second kappa shape index (κ2) is 6.95. The highest BCUT2D eigenvalue weighted by Gasteiger charge is 2.33. The maximum Gasteiger partial charge on any atom is 0.433 e. The van der Waals surface area contributed by atoms with Crippen LogP contribution in [0.4, 0.5) is 24.7 Å². The number of hydrogen-bond donors (Lipinski definition) is 1. The summed E-state index contributed by atoms with van der Waals surface area (Å²) in [5.74, 6) is -1.22. The molecule has 26 heavy (non-hydrogen) atoms. The van der Waals surface area contributed by atoms with Gasteiger partial charge >= 0.3 is 6.18 Å². The second-order valence-corrected chi connectivity index (χ2v) is 5.45. The van der Waals surface area contributed by atoms with Gasteiger partial charge in [-0.05, 0) is 24.3 Å². The summed E-state index contributed by atoms with van der Waals surface area (Å²) in [6, 6.07) is 11.7. The van der Waals surface area contributed by atoms with Gasteiger partial charge in [0.2, 0.25) is 5.91 Å². The molecule has 0 bridgehead atoms. The van der Waals surface area contributed by atoms with Crippen molar-refractivity contribution in [2.24, 2.45) is 5.10 Å². The molecule has 1 aromatic heterocycles. The fraction of sp³-hybridized carbons (Fsp3) is 0.176. The van der Waals surface area contributed by atoms with E-state index in [1.54, 1.807) is 30.3 Å². The van der Waals surface area contributed by atoms with Crippen molar-refractivity contribution >= 4 is 29.0 Å². The number of carbonyl (C=O) groups is 2. The lowest BCUT2D eigenvalue weighted by atomic mass is 10.1. The van der Waals surface area contributed by atoms with Crippen LogP contribution in [0.15, 0.2) is 53.6 Å². The lowest BCUT2D eigenvalue weighted by Gasteiger charge is -2.23. The number of anilines is 2. The molecule has 1 aromatic carbocycles. The minimum atomic E-state index is -4.61. The third kappa shape index (κ3) is 3.88. The maximum absolute atomic E-state index is 12.7. The van der Waals surface area contributed by atoms with E-state index in [9.17, 15) is 22.8 Å². The number of alkyl halides is 3. The van der Waals surface area contributed by atoms with Crippen LogP contribution in [0.3, 0.4) is 0 Å². The maximum atomic E-state index is 12.7. The molecule has 9 heteroatoms. The number of pyridine rings is 1. The number of nitrogens with one attached hydrogen (secondary N) is 1. The summed E-state index contributed by atoms with van der Waals surface area (Å²) in [4.78, 5) is 27.7. The molecule has 2 aromatic rings. The van der Waals surface area contributed by atoms with E-state index < -0.39 is 17.8 Å². The summed E-state index contributed by atoms with van der Waals surface area (Å²) in [5, 5.41) is 7.44. The van der Waals surface area contributed by atoms with Crippen LogP contribution in [0.25, 0.3) is 0 Å². The average Bonchev–Trinajstić information content (AvgIpc) is 2.62. The Morgan fingerprint density at radius 3 is 2.46 bits per heavy atom. The van der Waals surface area contributed by atoms with E-state index in [0.717, 1.165) is 17.1 Å². The number of carbonyl (C=O) groups excluding carboxylic acids is 2. The summed E-state index contributed by atoms with van der Waals surface area (Å²) in [5.41, 5.74) is -0.575. The van der Waals surface area contributed by atoms with Crippen LogP contribution in [0.2, 0.25) is 0 Å². The van der Waals surface area contributed by atoms with Crippen molar-refractivity contribution < 1.29 is 22.8 Å². The molecule has 3 rings (SSSR count). The smallest absolute Gasteiger partial charge is 0.305 e. The fourth-order valence-electron chi connectivity index (χ4n) is 2.34. The number of benzene rings is 1. The van der Waals surface area contributed by atoms with Crippen molar-refractivity contribution in [1.29, 1.82) is 0 Å². The number of nitrogens with zero attached hydrogens (tertiary/aromatic N) is 3. The molecule has 2 amide bonds. The van der Waals surface area contributed by atoms with Crippen LogP contribution in [0.5, 0.6) is 0 Å². The van der Waals surface area contributed by atoms with Gasteiger partial charge in [-0.2, -0.15) is 18.3 Å². The lowest BCUT2D eigenvalue weighted by Crippen LogP contribution is -2.36. The van der Waals surface area contributed by atoms with Crippen molar-refractivity contribution in [3.8, 4) is 0 Å². The normalized spacial score (nSPS) is 14.8. The first-order valence-electron chi connectivity index (χ1n) is 7.66. The minimum Gasteiger partial charge on any atom is -0.305 e. The van der Waals surface area contributed by atoms with Crippen LogP contribution in [0.1, 0.15) is 18.5 Å². The number of rotatable bonds is 3. The number of hydrazone groups is 1. The largest absolute Gasteiger partial charge is 0.433 e. The van der Waals surface area contributed by atoms with Crippen molar-refractivity contribution in [2.75, 3.05) is 10.3 Å². The topological polar surface area (TPSA) is 74.7 Å². The summed E-state index contributed by atoms with van der Waals surface area (Å²) in [6.07, 6.45) is -4.45. The predicted molar refractivity (Wildman–Crippen MR) is 88.5 cm³/mol. The Kier molecular flexibility index (Phi) is 4.70. The first-order valence-corrected chi connectivity index (χ1v) is 7.66. The SMILES string of the molecule is O=C(Nc1cccc(C(F)(F)F)n1)C1=NN(c2ccccc2)C(=O)CC1. The molecular weight excluding hydrogens is 349 g/mol. The standard InChI is InChI=1S/C17H13F3N4O2/c18-17(19,20)13-7-4-8-14(21-13)22-16(26)12-9-10-15(25)24(23-12)11-5-2-1-3-6-11/h1-8H,9-10H2,(H,21,22,26). The van der Waals surface area contributed by atoms with Crippen molar-refractivity contribution in [3.63, 3.8) is 0 Å². The molecule has 2 heterocycles. The lowest BCUT2D eigenvalue weighted by molar-refractivity contribution is -0.141. The van der Waals surface area contributed by atoms with E-state index >= 15 is 0 Å². The van der Waals surface area contributed by atoms with Crippen LogP contribution < -0.4 is 10.3 Å². The van der Waals surface area contributed by atoms with E-state index in [0.29, 0.717) is 5.69 Å². The molecule has 0 fully saturated rings. The number of hydrogen-bond acceptors (Lipinski definition) is 4. The number of amides is 2. The molecule has 0 radical (unpaired) electrons. The Bertz CT molecular complexity index is 866. The van der Waals surface area contributed by atoms with Crippen LogP contribution in [0, 0.1) is 0 Å². The zero-order valence-electron chi connectivity index (χ0n) is 13.3. The molecule has 1 N–H and O–H groups in total.